The van der Waals surface area contributed by atoms with Gasteiger partial charge in [0.2, 0.25) is 0 Å². The van der Waals surface area contributed by atoms with Crippen LogP contribution in [0.2, 0.25) is 5.02 Å². The molecule has 0 aliphatic carbocycles. The number of aromatic hydroxyl groups is 1. The third-order valence-corrected chi connectivity index (χ3v) is 5.54. The third-order valence-electron chi connectivity index (χ3n) is 4.88. The topological polar surface area (TPSA) is 70.1 Å². The molecule has 0 spiro atoms. The second-order valence-corrected chi connectivity index (χ2v) is 7.76. The van der Waals surface area contributed by atoms with Gasteiger partial charge in [0, 0.05) is 17.1 Å². The van der Waals surface area contributed by atoms with E-state index in [0.717, 1.165) is 0 Å². The van der Waals surface area contributed by atoms with Crippen LogP contribution in [0.15, 0.2) is 54.6 Å². The average molecular weight is 471 g/mol. The van der Waals surface area contributed by atoms with Crippen molar-refractivity contribution in [3.63, 3.8) is 0 Å². The molecule has 1 aliphatic heterocycles. The summed E-state index contributed by atoms with van der Waals surface area (Å²) in [5, 5.41) is 11.1. The van der Waals surface area contributed by atoms with Crippen molar-refractivity contribution < 1.29 is 19.4 Å². The van der Waals surface area contributed by atoms with Crippen LogP contribution in [0, 0.1) is 0 Å². The van der Waals surface area contributed by atoms with Crippen LogP contribution in [0.3, 0.4) is 0 Å². The van der Waals surface area contributed by atoms with Crippen LogP contribution in [0.5, 0.6) is 11.5 Å². The molecule has 1 saturated heterocycles. The van der Waals surface area contributed by atoms with Gasteiger partial charge in [-0.2, -0.15) is 0 Å². The van der Waals surface area contributed by atoms with E-state index >= 15 is 0 Å². The minimum Gasteiger partial charge on any atom is -0.504 e. The Hall–Kier alpha value is -3.16. The lowest BCUT2D eigenvalue weighted by Gasteiger charge is -2.36. The van der Waals surface area contributed by atoms with Gasteiger partial charge in [-0.3, -0.25) is 19.4 Å². The molecule has 0 saturated carbocycles. The van der Waals surface area contributed by atoms with Crippen LogP contribution >= 0.6 is 23.8 Å². The van der Waals surface area contributed by atoms with Crippen molar-refractivity contribution in [1.82, 2.24) is 4.90 Å². The molecule has 0 aromatic heterocycles. The Morgan fingerprint density at radius 1 is 1.16 bits per heavy atom. The van der Waals surface area contributed by atoms with Gasteiger partial charge >= 0.3 is 0 Å². The molecule has 2 aromatic rings. The molecule has 32 heavy (non-hydrogen) atoms. The number of phenols is 1. The van der Waals surface area contributed by atoms with E-state index in [1.807, 2.05) is 0 Å². The molecule has 0 atom stereocenters. The zero-order valence-electron chi connectivity index (χ0n) is 17.8. The summed E-state index contributed by atoms with van der Waals surface area (Å²) in [5.41, 5.74) is 1.58. The molecule has 1 aliphatic rings. The Balaban J connectivity index is 2.13. The summed E-state index contributed by atoms with van der Waals surface area (Å²) in [5.74, 6) is -0.742. The van der Waals surface area contributed by atoms with E-state index in [0.29, 0.717) is 41.4 Å². The van der Waals surface area contributed by atoms with Crippen molar-refractivity contribution in [2.75, 3.05) is 18.1 Å². The lowest BCUT2D eigenvalue weighted by Crippen LogP contribution is -2.56. The molecule has 0 radical (unpaired) electrons. The number of rotatable bonds is 7. The molecule has 0 unspecified atom stereocenters. The predicted octanol–water partition coefficient (Wildman–Crippen LogP) is 4.74. The second-order valence-electron chi connectivity index (χ2n) is 6.96. The minimum absolute atomic E-state index is 0.00866. The van der Waals surface area contributed by atoms with Gasteiger partial charge in [0.1, 0.15) is 5.57 Å². The Morgan fingerprint density at radius 2 is 1.84 bits per heavy atom. The number of phenolic OH excluding ortho intramolecular Hbond substituents is 1. The number of thiocarbonyl (C=S) groups is 1. The standard InChI is InChI=1S/C24H23ClN2O4S/c1-4-7-16-12-15(14-20(21(16)28)31-6-3)13-19-22(29)26(5-2)24(32)27(23(19)30)18-10-8-17(25)9-11-18/h4,8-14,28H,1,5-7H2,2-3H3/b19-13+. The predicted molar refractivity (Wildman–Crippen MR) is 130 cm³/mol. The van der Waals surface area contributed by atoms with Crippen molar-refractivity contribution in [3.8, 4) is 11.5 Å². The van der Waals surface area contributed by atoms with Crippen LogP contribution in [-0.4, -0.2) is 40.1 Å². The number of hydrogen-bond acceptors (Lipinski definition) is 5. The van der Waals surface area contributed by atoms with E-state index in [9.17, 15) is 14.7 Å². The maximum atomic E-state index is 13.4. The van der Waals surface area contributed by atoms with Crippen LogP contribution < -0.4 is 9.64 Å². The summed E-state index contributed by atoms with van der Waals surface area (Å²) in [6, 6.07) is 9.93. The smallest absolute Gasteiger partial charge is 0.270 e. The van der Waals surface area contributed by atoms with Crippen LogP contribution in [0.4, 0.5) is 5.69 Å². The quantitative estimate of drug-likeness (QED) is 0.274. The molecule has 1 fully saturated rings. The van der Waals surface area contributed by atoms with Gasteiger partial charge in [-0.25, -0.2) is 0 Å². The lowest BCUT2D eigenvalue weighted by atomic mass is 10.0. The summed E-state index contributed by atoms with van der Waals surface area (Å²) in [6.07, 6.45) is 3.54. The number of nitrogens with zero attached hydrogens (tertiary/aromatic N) is 2. The van der Waals surface area contributed by atoms with Gasteiger partial charge in [-0.15, -0.1) is 6.58 Å². The Morgan fingerprint density at radius 3 is 2.44 bits per heavy atom. The van der Waals surface area contributed by atoms with Gasteiger partial charge in [0.05, 0.1) is 12.3 Å². The third kappa shape index (κ3) is 4.54. The Kier molecular flexibility index (Phi) is 7.33. The minimum atomic E-state index is -0.539. The normalized spacial score (nSPS) is 15.5. The number of carbonyl (C=O) groups is 2. The molecular formula is C24H23ClN2O4S. The van der Waals surface area contributed by atoms with Gasteiger partial charge in [-0.05, 0) is 80.5 Å². The van der Waals surface area contributed by atoms with Crippen molar-refractivity contribution in [1.29, 1.82) is 0 Å². The van der Waals surface area contributed by atoms with Gasteiger partial charge in [0.25, 0.3) is 11.8 Å². The lowest BCUT2D eigenvalue weighted by molar-refractivity contribution is -0.127. The van der Waals surface area contributed by atoms with Gasteiger partial charge in [-0.1, -0.05) is 17.7 Å². The molecular weight excluding hydrogens is 448 g/mol. The number of likely N-dealkylation sites (N-methyl/N-ethyl adjacent to an activating group) is 1. The van der Waals surface area contributed by atoms with Crippen LogP contribution in [-0.2, 0) is 16.0 Å². The summed E-state index contributed by atoms with van der Waals surface area (Å²) >= 11 is 11.4. The number of anilines is 1. The van der Waals surface area contributed by atoms with Crippen molar-refractivity contribution in [2.24, 2.45) is 0 Å². The number of allylic oxidation sites excluding steroid dienone is 1. The molecule has 3 rings (SSSR count). The molecule has 2 amide bonds. The van der Waals surface area contributed by atoms with Crippen molar-refractivity contribution in [3.05, 3.63) is 70.8 Å². The summed E-state index contributed by atoms with van der Waals surface area (Å²) in [4.78, 5) is 29.2. The first kappa shape index (κ1) is 23.5. The highest BCUT2D eigenvalue weighted by molar-refractivity contribution is 7.80. The molecule has 166 valence electrons. The summed E-state index contributed by atoms with van der Waals surface area (Å²) in [7, 11) is 0. The maximum absolute atomic E-state index is 13.4. The van der Waals surface area contributed by atoms with Crippen LogP contribution in [0.25, 0.3) is 6.08 Å². The van der Waals surface area contributed by atoms with E-state index in [-0.39, 0.29) is 22.2 Å². The molecule has 8 heteroatoms. The SMILES string of the molecule is C=CCc1cc(/C=C2\C(=O)N(CC)C(=S)N(c3ccc(Cl)cc3)C2=O)cc(OCC)c1O. The number of benzene rings is 2. The maximum Gasteiger partial charge on any atom is 0.270 e. The number of ether oxygens (including phenoxy) is 1. The zero-order chi connectivity index (χ0) is 23.4. The monoisotopic (exact) mass is 470 g/mol. The van der Waals surface area contributed by atoms with E-state index in [4.69, 9.17) is 28.6 Å². The first-order chi connectivity index (χ1) is 15.3. The van der Waals surface area contributed by atoms with E-state index in [1.54, 1.807) is 56.3 Å². The summed E-state index contributed by atoms with van der Waals surface area (Å²) < 4.78 is 5.53. The first-order valence-corrected chi connectivity index (χ1v) is 10.9. The number of carbonyl (C=O) groups excluding carboxylic acids is 2. The number of hydrogen-bond donors (Lipinski definition) is 1. The molecule has 2 aromatic carbocycles. The number of amides is 2. The summed E-state index contributed by atoms with van der Waals surface area (Å²) in [6.45, 7) is 7.94. The van der Waals surface area contributed by atoms with E-state index < -0.39 is 11.8 Å². The van der Waals surface area contributed by atoms with Crippen molar-refractivity contribution >= 4 is 52.5 Å². The average Bonchev–Trinajstić information content (AvgIpc) is 2.76. The van der Waals surface area contributed by atoms with E-state index in [2.05, 4.69) is 6.58 Å². The second kappa shape index (κ2) is 9.97. The highest BCUT2D eigenvalue weighted by Gasteiger charge is 2.39. The van der Waals surface area contributed by atoms with Crippen molar-refractivity contribution in [2.45, 2.75) is 20.3 Å². The highest BCUT2D eigenvalue weighted by Crippen LogP contribution is 2.34. The fourth-order valence-corrected chi connectivity index (χ4v) is 3.91. The Labute approximate surface area is 197 Å². The Bertz CT molecular complexity index is 1110. The highest BCUT2D eigenvalue weighted by atomic mass is 35.5. The van der Waals surface area contributed by atoms with Gasteiger partial charge in [0.15, 0.2) is 16.6 Å². The fraction of sp³-hybridized carbons (Fsp3) is 0.208. The molecule has 0 bridgehead atoms. The van der Waals surface area contributed by atoms with E-state index in [1.165, 1.54) is 15.9 Å². The molecule has 1 N–H and O–H groups in total. The molecule has 1 heterocycles. The largest absolute Gasteiger partial charge is 0.504 e. The fourth-order valence-electron chi connectivity index (χ4n) is 3.39. The van der Waals surface area contributed by atoms with Gasteiger partial charge < -0.3 is 9.84 Å². The van der Waals surface area contributed by atoms with Crippen LogP contribution in [0.1, 0.15) is 25.0 Å². The molecule has 6 nitrogen and oxygen atoms in total. The number of halogens is 1. The first-order valence-electron chi connectivity index (χ1n) is 10.1. The zero-order valence-corrected chi connectivity index (χ0v) is 19.4.